The van der Waals surface area contributed by atoms with Gasteiger partial charge in [0.05, 0.1) is 34.5 Å². The van der Waals surface area contributed by atoms with Gasteiger partial charge in [-0.3, -0.25) is 14.8 Å². The molecule has 20 heteroatoms. The van der Waals surface area contributed by atoms with Crippen LogP contribution in [0.2, 0.25) is 10.0 Å². The molecule has 43 heavy (non-hydrogen) atoms. The van der Waals surface area contributed by atoms with Crippen LogP contribution < -0.4 is 26.6 Å². The molecule has 1 amide bonds. The number of benzene rings is 2. The number of carbonyl (C=O) groups excluding carboxylic acids is 1. The number of carbonyl (C=O) groups is 3. The zero-order valence-electron chi connectivity index (χ0n) is 21.3. The van der Waals surface area contributed by atoms with Gasteiger partial charge in [0.2, 0.25) is 0 Å². The second-order valence-corrected chi connectivity index (χ2v) is 8.83. The van der Waals surface area contributed by atoms with Crippen LogP contribution in [0.25, 0.3) is 0 Å². The fraction of sp³-hybridized carbons (Fsp3) is 0.261. The number of aliphatic imine (C=N–C) groups is 2. The molecule has 4 rings (SSSR count). The summed E-state index contributed by atoms with van der Waals surface area (Å²) in [6.45, 7) is 3.07. The number of alkyl halides is 6. The van der Waals surface area contributed by atoms with E-state index in [1.807, 2.05) is 6.07 Å². The van der Waals surface area contributed by atoms with Crippen LogP contribution in [0.1, 0.15) is 10.4 Å². The lowest BCUT2D eigenvalue weighted by Gasteiger charge is -2.12. The van der Waals surface area contributed by atoms with Crippen molar-refractivity contribution in [2.45, 2.75) is 12.4 Å². The van der Waals surface area contributed by atoms with Crippen molar-refractivity contribution in [3.05, 3.63) is 52.0 Å². The summed E-state index contributed by atoms with van der Waals surface area (Å²) >= 11 is 12.6. The van der Waals surface area contributed by atoms with E-state index in [4.69, 9.17) is 43.0 Å². The van der Waals surface area contributed by atoms with Gasteiger partial charge < -0.3 is 36.8 Å². The predicted octanol–water partition coefficient (Wildman–Crippen LogP) is 4.25. The van der Waals surface area contributed by atoms with E-state index in [-0.39, 0.29) is 5.91 Å². The molecule has 0 bridgehead atoms. The lowest BCUT2D eigenvalue weighted by atomic mass is 10.2. The summed E-state index contributed by atoms with van der Waals surface area (Å²) in [5.41, 5.74) is 2.38. The average molecular weight is 660 g/mol. The van der Waals surface area contributed by atoms with Gasteiger partial charge in [0.1, 0.15) is 0 Å². The van der Waals surface area contributed by atoms with E-state index in [9.17, 15) is 31.1 Å². The molecule has 2 aliphatic rings. The van der Waals surface area contributed by atoms with Crippen LogP contribution in [-0.4, -0.2) is 78.5 Å². The Labute approximate surface area is 248 Å². The van der Waals surface area contributed by atoms with Gasteiger partial charge in [0.15, 0.2) is 11.9 Å². The molecular formula is C23H21Cl2F6N7O5. The molecule has 2 aromatic rings. The largest absolute Gasteiger partial charge is 0.490 e. The van der Waals surface area contributed by atoms with Crippen molar-refractivity contribution in [2.24, 2.45) is 9.98 Å². The van der Waals surface area contributed by atoms with Crippen molar-refractivity contribution in [3.8, 4) is 0 Å². The SMILES string of the molecule is O=C(Nc1ccc(NC2=NCCN2)cc1Cl)c1ccc(NC2=NCCN2)c(Cl)c1.O=C(O)C(F)(F)F.O=C(O)C(F)(F)F. The molecule has 234 valence electrons. The molecule has 0 fully saturated rings. The van der Waals surface area contributed by atoms with Crippen molar-refractivity contribution in [1.82, 2.24) is 10.6 Å². The third-order valence-electron chi connectivity index (χ3n) is 4.80. The van der Waals surface area contributed by atoms with Crippen LogP contribution in [0.4, 0.5) is 43.4 Å². The number of rotatable bonds is 4. The first-order chi connectivity index (χ1) is 20.0. The highest BCUT2D eigenvalue weighted by Gasteiger charge is 2.38. The molecule has 0 aliphatic carbocycles. The topological polar surface area (TPSA) is 177 Å². The quantitative estimate of drug-likeness (QED) is 0.236. The van der Waals surface area contributed by atoms with Gasteiger partial charge in [-0.25, -0.2) is 9.59 Å². The molecule has 0 unspecified atom stereocenters. The van der Waals surface area contributed by atoms with Gasteiger partial charge in [-0.05, 0) is 36.4 Å². The Bertz CT molecular complexity index is 1380. The minimum absolute atomic E-state index is 0.306. The van der Waals surface area contributed by atoms with Crippen LogP contribution in [0.3, 0.4) is 0 Å². The fourth-order valence-corrected chi connectivity index (χ4v) is 3.33. The van der Waals surface area contributed by atoms with Crippen molar-refractivity contribution in [3.63, 3.8) is 0 Å². The number of nitrogens with one attached hydrogen (secondary N) is 5. The highest BCUT2D eigenvalue weighted by Crippen LogP contribution is 2.28. The van der Waals surface area contributed by atoms with E-state index in [1.54, 1.807) is 30.3 Å². The molecule has 0 saturated heterocycles. The number of aliphatic carboxylic acids is 2. The lowest BCUT2D eigenvalue weighted by molar-refractivity contribution is -0.193. The highest BCUT2D eigenvalue weighted by atomic mass is 35.5. The molecule has 2 heterocycles. The summed E-state index contributed by atoms with van der Waals surface area (Å²) in [5.74, 6) is -4.44. The number of amides is 1. The Morgan fingerprint density at radius 3 is 1.63 bits per heavy atom. The normalized spacial score (nSPS) is 13.9. The van der Waals surface area contributed by atoms with Crippen LogP contribution in [0.15, 0.2) is 46.4 Å². The number of carboxylic acid groups (broad SMARTS) is 2. The van der Waals surface area contributed by atoms with Crippen LogP contribution >= 0.6 is 23.2 Å². The Hall–Kier alpha value is -4.45. The molecule has 7 N–H and O–H groups in total. The van der Waals surface area contributed by atoms with Gasteiger partial charge in [-0.1, -0.05) is 23.2 Å². The van der Waals surface area contributed by atoms with Crippen LogP contribution in [0.5, 0.6) is 0 Å². The zero-order valence-corrected chi connectivity index (χ0v) is 22.8. The number of guanidine groups is 2. The summed E-state index contributed by atoms with van der Waals surface area (Å²) in [6.07, 6.45) is -10.2. The maximum Gasteiger partial charge on any atom is 0.490 e. The molecule has 12 nitrogen and oxygen atoms in total. The van der Waals surface area contributed by atoms with Crippen molar-refractivity contribution >= 4 is 70.0 Å². The third kappa shape index (κ3) is 11.8. The molecule has 0 spiro atoms. The Morgan fingerprint density at radius 1 is 0.744 bits per heavy atom. The monoisotopic (exact) mass is 659 g/mol. The number of halogens is 8. The van der Waals surface area contributed by atoms with E-state index in [1.165, 1.54) is 0 Å². The number of nitrogens with zero attached hydrogens (tertiary/aromatic N) is 2. The van der Waals surface area contributed by atoms with E-state index < -0.39 is 24.3 Å². The van der Waals surface area contributed by atoms with Crippen molar-refractivity contribution < 1.29 is 50.9 Å². The Balaban J connectivity index is 0.000000384. The minimum Gasteiger partial charge on any atom is -0.475 e. The van der Waals surface area contributed by atoms with Crippen LogP contribution in [-0.2, 0) is 9.59 Å². The van der Waals surface area contributed by atoms with E-state index in [2.05, 4.69) is 36.6 Å². The molecular weight excluding hydrogens is 639 g/mol. The van der Waals surface area contributed by atoms with Gasteiger partial charge in [0, 0.05) is 24.3 Å². The minimum atomic E-state index is -5.08. The smallest absolute Gasteiger partial charge is 0.475 e. The zero-order chi connectivity index (χ0) is 32.4. The summed E-state index contributed by atoms with van der Waals surface area (Å²) in [7, 11) is 0. The van der Waals surface area contributed by atoms with E-state index in [0.717, 1.165) is 31.9 Å². The first-order valence-electron chi connectivity index (χ1n) is 11.6. The molecule has 2 aromatic carbocycles. The summed E-state index contributed by atoms with van der Waals surface area (Å²) in [4.78, 5) is 38.9. The summed E-state index contributed by atoms with van der Waals surface area (Å²) in [5, 5.41) is 30.4. The van der Waals surface area contributed by atoms with Crippen LogP contribution in [0, 0.1) is 0 Å². The number of anilines is 3. The highest BCUT2D eigenvalue weighted by molar-refractivity contribution is 6.35. The van der Waals surface area contributed by atoms with Gasteiger partial charge in [-0.15, -0.1) is 0 Å². The summed E-state index contributed by atoms with van der Waals surface area (Å²) < 4.78 is 63.5. The van der Waals surface area contributed by atoms with Crippen molar-refractivity contribution in [1.29, 1.82) is 0 Å². The number of carboxylic acids is 2. The average Bonchev–Trinajstić information content (AvgIpc) is 3.61. The fourth-order valence-electron chi connectivity index (χ4n) is 2.87. The van der Waals surface area contributed by atoms with Gasteiger partial charge in [0.25, 0.3) is 5.91 Å². The lowest BCUT2D eigenvalue weighted by Crippen LogP contribution is -2.26. The molecule has 0 radical (unpaired) electrons. The molecule has 2 aliphatic heterocycles. The standard InChI is InChI=1S/C19H19Cl2N7O.2C2HF3O2/c20-13-9-11(1-3-16(13)28-19-24-7-8-25-19)17(29)27-15-4-2-12(10-14(15)21)26-18-22-5-6-23-18;2*3-2(4,5)1(6)7/h1-4,9-10H,5-8H2,(H,27,29)(H2,22,23,26)(H2,24,25,28);2*(H,6,7). The third-order valence-corrected chi connectivity index (χ3v) is 5.42. The maximum atomic E-state index is 12.6. The van der Waals surface area contributed by atoms with Crippen molar-refractivity contribution in [2.75, 3.05) is 42.1 Å². The number of hydrogen-bond donors (Lipinski definition) is 7. The first kappa shape index (κ1) is 34.7. The molecule has 0 atom stereocenters. The van der Waals surface area contributed by atoms with E-state index in [0.29, 0.717) is 38.9 Å². The maximum absolute atomic E-state index is 12.6. The second kappa shape index (κ2) is 15.1. The Morgan fingerprint density at radius 2 is 1.21 bits per heavy atom. The molecule has 0 saturated carbocycles. The first-order valence-corrected chi connectivity index (χ1v) is 12.3. The van der Waals surface area contributed by atoms with Gasteiger partial charge in [-0.2, -0.15) is 26.3 Å². The molecule has 0 aromatic heterocycles. The predicted molar refractivity (Wildman–Crippen MR) is 146 cm³/mol. The number of hydrogen-bond acceptors (Lipinski definition) is 9. The summed E-state index contributed by atoms with van der Waals surface area (Å²) in [6, 6.07) is 10.3. The van der Waals surface area contributed by atoms with Gasteiger partial charge >= 0.3 is 24.3 Å². The Kier molecular flexibility index (Phi) is 12.2. The van der Waals surface area contributed by atoms with E-state index >= 15 is 0 Å². The second-order valence-electron chi connectivity index (χ2n) is 8.01.